The van der Waals surface area contributed by atoms with Crippen molar-refractivity contribution in [3.8, 4) is 0 Å². The molecule has 0 amide bonds. The van der Waals surface area contributed by atoms with Gasteiger partial charge in [0.2, 0.25) is 0 Å². The molecule has 0 aliphatic rings. The van der Waals surface area contributed by atoms with Crippen molar-refractivity contribution in [1.29, 1.82) is 0 Å². The first-order chi connectivity index (χ1) is 2.00. The van der Waals surface area contributed by atoms with Gasteiger partial charge in [-0.1, -0.05) is 0 Å². The standard InChI is InChI=1S/Cl2GeH6Si2/c1-5(2,3)4/h3-4H3. The van der Waals surface area contributed by atoms with Gasteiger partial charge in [0.25, 0.3) is 0 Å². The molecule has 0 radical (unpaired) electrons. The van der Waals surface area contributed by atoms with Crippen molar-refractivity contribution < 1.29 is 0 Å². The van der Waals surface area contributed by atoms with E-state index in [0.29, 0.717) is 0 Å². The van der Waals surface area contributed by atoms with Gasteiger partial charge in [-0.2, -0.15) is 0 Å². The molecular formula is H6Cl2GeSi2. The van der Waals surface area contributed by atoms with Crippen LogP contribution in [0.4, 0.5) is 0 Å². The van der Waals surface area contributed by atoms with Crippen LogP contribution in [-0.2, 0) is 0 Å². The summed E-state index contributed by atoms with van der Waals surface area (Å²) in [6.45, 7) is 0. The van der Waals surface area contributed by atoms with E-state index in [1.165, 1.54) is 0 Å². The van der Waals surface area contributed by atoms with Gasteiger partial charge in [0, 0.05) is 0 Å². The molecule has 32 valence electrons. The molecule has 0 heterocycles. The van der Waals surface area contributed by atoms with Gasteiger partial charge in [-0.3, -0.25) is 0 Å². The molecule has 5 heteroatoms. The van der Waals surface area contributed by atoms with Crippen LogP contribution in [0.2, 0.25) is 0 Å². The van der Waals surface area contributed by atoms with Crippen molar-refractivity contribution in [2.75, 3.05) is 0 Å². The number of hydrogen-bond acceptors (Lipinski definition) is 0. The van der Waals surface area contributed by atoms with E-state index in [9.17, 15) is 0 Å². The Morgan fingerprint density at radius 3 is 1.60 bits per heavy atom. The fraction of sp³-hybridized carbons (Fsp3) is 0. The average molecular weight is 206 g/mol. The molecule has 0 unspecified atom stereocenters. The Morgan fingerprint density at radius 2 is 1.60 bits per heavy atom. The maximum atomic E-state index is 5.58. The summed E-state index contributed by atoms with van der Waals surface area (Å²) in [7, 11) is 1.06. The van der Waals surface area contributed by atoms with Crippen LogP contribution in [0.5, 0.6) is 0 Å². The van der Waals surface area contributed by atoms with Crippen LogP contribution < -0.4 is 0 Å². The molecule has 0 rings (SSSR count). The van der Waals surface area contributed by atoms with Gasteiger partial charge in [0.1, 0.15) is 0 Å². The first-order valence-electron chi connectivity index (χ1n) is 1.38. The zero-order chi connectivity index (χ0) is 4.50. The second-order valence-corrected chi connectivity index (χ2v) is 53.2. The zero-order valence-corrected chi connectivity index (χ0v) is 12.0. The van der Waals surface area contributed by atoms with Gasteiger partial charge in [0.05, 0.1) is 0 Å². The van der Waals surface area contributed by atoms with E-state index in [-0.39, 0.29) is 0 Å². The Morgan fingerprint density at radius 1 is 1.60 bits per heavy atom. The fourth-order valence-electron chi connectivity index (χ4n) is 0. The van der Waals surface area contributed by atoms with Crippen LogP contribution in [0.25, 0.3) is 0 Å². The van der Waals surface area contributed by atoms with E-state index in [1.54, 1.807) is 0 Å². The summed E-state index contributed by atoms with van der Waals surface area (Å²) >= 11 is 11.9. The summed E-state index contributed by atoms with van der Waals surface area (Å²) in [4.78, 5) is 0. The van der Waals surface area contributed by atoms with Gasteiger partial charge in [-0.25, -0.2) is 0 Å². The predicted molar refractivity (Wildman–Crippen MR) is 37.3 cm³/mol. The van der Waals surface area contributed by atoms with E-state index in [0.717, 1.165) is 25.6 Å². The molecule has 0 bridgehead atoms. The van der Waals surface area contributed by atoms with Crippen molar-refractivity contribution in [2.24, 2.45) is 0 Å². The number of rotatable bonds is 0. The van der Waals surface area contributed by atoms with Crippen LogP contribution in [0, 0.1) is 0 Å². The molecule has 0 saturated carbocycles. The summed E-state index contributed by atoms with van der Waals surface area (Å²) < 4.78 is -1.34. The van der Waals surface area contributed by atoms with Gasteiger partial charge < -0.3 is 0 Å². The molecule has 0 nitrogen and oxygen atoms in total. The molecule has 0 atom stereocenters. The van der Waals surface area contributed by atoms with E-state index in [4.69, 9.17) is 22.2 Å². The molecule has 0 aromatic rings. The molecule has 0 fully saturated rings. The number of halogens is 2. The minimum atomic E-state index is -1.34. The first kappa shape index (κ1) is 6.56. The summed E-state index contributed by atoms with van der Waals surface area (Å²) in [5.41, 5.74) is 0. The van der Waals surface area contributed by atoms with Gasteiger partial charge in [-0.15, -0.1) is 0 Å². The molecule has 5 heavy (non-hydrogen) atoms. The van der Waals surface area contributed by atoms with Crippen molar-refractivity contribution in [3.63, 3.8) is 0 Å². The van der Waals surface area contributed by atoms with E-state index in [2.05, 4.69) is 0 Å². The Balaban J connectivity index is 3.02. The topological polar surface area (TPSA) is 0 Å². The van der Waals surface area contributed by atoms with Crippen LogP contribution >= 0.6 is 22.2 Å². The molecule has 0 saturated heterocycles. The normalized spacial score (nSPS) is 13.2. The SMILES string of the molecule is [SiH3][Si](Cl)(Cl)[GeH3]. The quantitative estimate of drug-likeness (QED) is 0.338. The van der Waals surface area contributed by atoms with Crippen LogP contribution in [0.15, 0.2) is 0 Å². The molecule has 0 N–H and O–H groups in total. The molecular weight excluding hydrogens is 200 g/mol. The van der Waals surface area contributed by atoms with E-state index >= 15 is 0 Å². The monoisotopic (exact) mass is 206 g/mol. The van der Waals surface area contributed by atoms with Gasteiger partial charge >= 0.3 is 52.5 Å². The van der Waals surface area contributed by atoms with E-state index < -0.39 is 4.73 Å². The Labute approximate surface area is 52.5 Å². The van der Waals surface area contributed by atoms with Crippen molar-refractivity contribution in [2.45, 2.75) is 0 Å². The summed E-state index contributed by atoms with van der Waals surface area (Å²) in [5, 5.41) is 0. The van der Waals surface area contributed by atoms with Crippen LogP contribution in [0.1, 0.15) is 0 Å². The third-order valence-corrected chi connectivity index (χ3v) is 0. The number of hydrogen-bond donors (Lipinski definition) is 0. The van der Waals surface area contributed by atoms with Crippen molar-refractivity contribution in [3.05, 3.63) is 0 Å². The first-order valence-corrected chi connectivity index (χ1v) is 15.7. The molecule has 0 aromatic carbocycles. The van der Waals surface area contributed by atoms with E-state index in [1.807, 2.05) is 0 Å². The third kappa shape index (κ3) is 29.0. The van der Waals surface area contributed by atoms with Crippen LogP contribution in [0.3, 0.4) is 0 Å². The fourth-order valence-corrected chi connectivity index (χ4v) is 0. The van der Waals surface area contributed by atoms with Crippen molar-refractivity contribution >= 4 is 52.5 Å². The summed E-state index contributed by atoms with van der Waals surface area (Å²) in [6, 6.07) is 0. The molecule has 0 aliphatic heterocycles. The second-order valence-electron chi connectivity index (χ2n) is 1.33. The summed E-state index contributed by atoms with van der Waals surface area (Å²) in [6.07, 6.45) is 0. The Bertz CT molecular complexity index is 23.1. The van der Waals surface area contributed by atoms with Crippen LogP contribution in [-0.4, -0.2) is 30.4 Å². The zero-order valence-electron chi connectivity index (χ0n) is 3.26. The molecule has 0 aromatic heterocycles. The maximum absolute atomic E-state index is 5.58. The van der Waals surface area contributed by atoms with Gasteiger partial charge in [-0.05, 0) is 0 Å². The Hall–Kier alpha value is 1.56. The summed E-state index contributed by atoms with van der Waals surface area (Å²) in [5.74, 6) is 0. The average Bonchev–Trinajstić information content (AvgIpc) is 0.722. The molecule has 0 aliphatic carbocycles. The Kier molecular flexibility index (Phi) is 2.65. The predicted octanol–water partition coefficient (Wildman–Crippen LogP) is -1.37. The van der Waals surface area contributed by atoms with Crippen molar-refractivity contribution in [1.82, 2.24) is 0 Å². The third-order valence-electron chi connectivity index (χ3n) is 0. The minimum absolute atomic E-state index is 0.731. The second kappa shape index (κ2) is 2.02. The molecule has 0 spiro atoms. The van der Waals surface area contributed by atoms with Gasteiger partial charge in [0.15, 0.2) is 0 Å².